The molecular weight excluding hydrogens is 239 g/mol. The van der Waals surface area contributed by atoms with E-state index in [0.717, 1.165) is 17.3 Å². The molecule has 0 aromatic heterocycles. The number of hydrogen-bond donors (Lipinski definition) is 1. The first kappa shape index (κ1) is 10.4. The van der Waals surface area contributed by atoms with Crippen molar-refractivity contribution in [3.8, 4) is 0 Å². The van der Waals surface area contributed by atoms with Crippen LogP contribution >= 0.6 is 22.6 Å². The minimum absolute atomic E-state index is 0.586. The molecular formula is C8H15IO. The van der Waals surface area contributed by atoms with Gasteiger partial charge in [-0.05, 0) is 19.8 Å². The predicted octanol–water partition coefficient (Wildman–Crippen LogP) is 2.53. The smallest absolute Gasteiger partial charge is 0.0806 e. The molecule has 0 radical (unpaired) electrons. The van der Waals surface area contributed by atoms with E-state index in [1.54, 1.807) is 0 Å². The van der Waals surface area contributed by atoms with Gasteiger partial charge >= 0.3 is 0 Å². The van der Waals surface area contributed by atoms with Gasteiger partial charge in [-0.2, -0.15) is 0 Å². The average Bonchev–Trinajstić information content (AvgIpc) is 1.84. The van der Waals surface area contributed by atoms with E-state index in [0.29, 0.717) is 0 Å². The Bertz CT molecular complexity index is 108. The number of hydrogen-bond acceptors (Lipinski definition) is 1. The van der Waals surface area contributed by atoms with E-state index < -0.39 is 5.60 Å². The van der Waals surface area contributed by atoms with Crippen LogP contribution in [0.3, 0.4) is 0 Å². The van der Waals surface area contributed by atoms with Gasteiger partial charge in [0.05, 0.1) is 5.60 Å². The fourth-order valence-electron chi connectivity index (χ4n) is 0.646. The molecule has 0 heterocycles. The van der Waals surface area contributed by atoms with Gasteiger partial charge in [-0.25, -0.2) is 0 Å². The van der Waals surface area contributed by atoms with E-state index in [1.165, 1.54) is 0 Å². The van der Waals surface area contributed by atoms with Crippen LogP contribution in [-0.2, 0) is 0 Å². The highest BCUT2D eigenvalue weighted by atomic mass is 127. The molecule has 0 saturated carbocycles. The summed E-state index contributed by atoms with van der Waals surface area (Å²) in [5, 5.41) is 9.55. The first-order valence-corrected chi connectivity index (χ1v) is 5.11. The van der Waals surface area contributed by atoms with Crippen LogP contribution in [0.2, 0.25) is 0 Å². The second-order valence-electron chi connectivity index (χ2n) is 2.61. The van der Waals surface area contributed by atoms with E-state index in [-0.39, 0.29) is 0 Å². The number of alkyl halides is 1. The molecule has 2 heteroatoms. The third-order valence-electron chi connectivity index (χ3n) is 1.31. The van der Waals surface area contributed by atoms with Crippen LogP contribution in [0.15, 0.2) is 12.2 Å². The third kappa shape index (κ3) is 5.23. The standard InChI is InChI=1S/C8H15IO/c1-3-4-5-8(2,10)6-7-9/h4-5,10H,3,6-7H2,1-2H3/t8-/m0/s1. The van der Waals surface area contributed by atoms with Crippen LogP contribution in [0.5, 0.6) is 0 Å². The molecule has 10 heavy (non-hydrogen) atoms. The topological polar surface area (TPSA) is 20.2 Å². The molecule has 0 spiro atoms. The summed E-state index contributed by atoms with van der Waals surface area (Å²) in [4.78, 5) is 0. The van der Waals surface area contributed by atoms with Crippen LogP contribution < -0.4 is 0 Å². The Labute approximate surface area is 76.7 Å². The molecule has 1 nitrogen and oxygen atoms in total. The zero-order valence-corrected chi connectivity index (χ0v) is 8.76. The summed E-state index contributed by atoms with van der Waals surface area (Å²) in [5.41, 5.74) is -0.586. The van der Waals surface area contributed by atoms with Crippen LogP contribution in [0, 0.1) is 0 Å². The van der Waals surface area contributed by atoms with Gasteiger partial charge in [-0.3, -0.25) is 0 Å². The molecule has 1 N–H and O–H groups in total. The van der Waals surface area contributed by atoms with Crippen molar-refractivity contribution in [1.29, 1.82) is 0 Å². The third-order valence-corrected chi connectivity index (χ3v) is 1.85. The Balaban J connectivity index is 3.73. The Morgan fingerprint density at radius 1 is 1.60 bits per heavy atom. The van der Waals surface area contributed by atoms with Gasteiger partial charge in [0.2, 0.25) is 0 Å². The minimum atomic E-state index is -0.586. The summed E-state index contributed by atoms with van der Waals surface area (Å²) < 4.78 is 0.999. The molecule has 60 valence electrons. The van der Waals surface area contributed by atoms with E-state index in [1.807, 2.05) is 19.1 Å². The fraction of sp³-hybridized carbons (Fsp3) is 0.750. The molecule has 0 aliphatic carbocycles. The Hall–Kier alpha value is 0.430. The molecule has 0 aromatic carbocycles. The monoisotopic (exact) mass is 254 g/mol. The van der Waals surface area contributed by atoms with Crippen molar-refractivity contribution >= 4 is 22.6 Å². The van der Waals surface area contributed by atoms with Crippen molar-refractivity contribution in [2.45, 2.75) is 32.3 Å². The molecule has 0 aliphatic rings. The van der Waals surface area contributed by atoms with E-state index >= 15 is 0 Å². The number of halogens is 1. The highest BCUT2D eigenvalue weighted by Gasteiger charge is 2.13. The number of rotatable bonds is 4. The van der Waals surface area contributed by atoms with E-state index in [4.69, 9.17) is 0 Å². The minimum Gasteiger partial charge on any atom is -0.386 e. The molecule has 0 aliphatic heterocycles. The summed E-state index contributed by atoms with van der Waals surface area (Å²) in [7, 11) is 0. The Morgan fingerprint density at radius 3 is 2.60 bits per heavy atom. The first-order chi connectivity index (χ1) is 4.62. The normalized spacial score (nSPS) is 17.6. The van der Waals surface area contributed by atoms with Crippen LogP contribution in [-0.4, -0.2) is 15.1 Å². The summed E-state index contributed by atoms with van der Waals surface area (Å²) in [6.45, 7) is 3.91. The van der Waals surface area contributed by atoms with Crippen LogP contribution in [0.4, 0.5) is 0 Å². The zero-order chi connectivity index (χ0) is 8.04. The summed E-state index contributed by atoms with van der Waals surface area (Å²) in [6, 6.07) is 0. The Morgan fingerprint density at radius 2 is 2.20 bits per heavy atom. The first-order valence-electron chi connectivity index (χ1n) is 3.58. The predicted molar refractivity (Wildman–Crippen MR) is 53.6 cm³/mol. The molecule has 1 atom stereocenters. The number of allylic oxidation sites excluding steroid dienone is 1. The second kappa shape index (κ2) is 5.13. The van der Waals surface area contributed by atoms with E-state index in [9.17, 15) is 5.11 Å². The van der Waals surface area contributed by atoms with Gasteiger partial charge in [0.1, 0.15) is 0 Å². The quantitative estimate of drug-likeness (QED) is 0.464. The van der Waals surface area contributed by atoms with Crippen molar-refractivity contribution < 1.29 is 5.11 Å². The fourth-order valence-corrected chi connectivity index (χ4v) is 1.74. The lowest BCUT2D eigenvalue weighted by Gasteiger charge is -2.16. The van der Waals surface area contributed by atoms with Crippen molar-refractivity contribution in [2.75, 3.05) is 4.43 Å². The zero-order valence-electron chi connectivity index (χ0n) is 6.60. The van der Waals surface area contributed by atoms with E-state index in [2.05, 4.69) is 29.5 Å². The van der Waals surface area contributed by atoms with Gasteiger partial charge < -0.3 is 5.11 Å². The van der Waals surface area contributed by atoms with Crippen LogP contribution in [0.25, 0.3) is 0 Å². The largest absolute Gasteiger partial charge is 0.386 e. The van der Waals surface area contributed by atoms with Crippen molar-refractivity contribution in [3.63, 3.8) is 0 Å². The van der Waals surface area contributed by atoms with Gasteiger partial charge in [0, 0.05) is 4.43 Å². The molecule has 0 saturated heterocycles. The highest BCUT2D eigenvalue weighted by Crippen LogP contribution is 2.12. The maximum atomic E-state index is 9.55. The molecule has 0 rings (SSSR count). The number of aliphatic hydroxyl groups is 1. The molecule has 0 bridgehead atoms. The maximum absolute atomic E-state index is 9.55. The van der Waals surface area contributed by atoms with Crippen molar-refractivity contribution in [2.24, 2.45) is 0 Å². The van der Waals surface area contributed by atoms with Crippen molar-refractivity contribution in [3.05, 3.63) is 12.2 Å². The molecule has 0 aromatic rings. The summed E-state index contributed by atoms with van der Waals surface area (Å²) >= 11 is 2.27. The molecule has 0 fully saturated rings. The summed E-state index contributed by atoms with van der Waals surface area (Å²) in [5.74, 6) is 0. The lowest BCUT2D eigenvalue weighted by Crippen LogP contribution is -2.20. The van der Waals surface area contributed by atoms with Gasteiger partial charge in [-0.1, -0.05) is 41.7 Å². The Kier molecular flexibility index (Phi) is 5.35. The molecule has 0 amide bonds. The lowest BCUT2D eigenvalue weighted by atomic mass is 10.0. The van der Waals surface area contributed by atoms with Crippen LogP contribution in [0.1, 0.15) is 26.7 Å². The SMILES string of the molecule is CCC=C[C@](C)(O)CCI. The lowest BCUT2D eigenvalue weighted by molar-refractivity contribution is 0.109. The second-order valence-corrected chi connectivity index (χ2v) is 3.69. The average molecular weight is 254 g/mol. The molecule has 0 unspecified atom stereocenters. The van der Waals surface area contributed by atoms with Gasteiger partial charge in [0.25, 0.3) is 0 Å². The summed E-state index contributed by atoms with van der Waals surface area (Å²) in [6.07, 6.45) is 5.72. The van der Waals surface area contributed by atoms with Crippen molar-refractivity contribution in [1.82, 2.24) is 0 Å². The highest BCUT2D eigenvalue weighted by molar-refractivity contribution is 14.1. The maximum Gasteiger partial charge on any atom is 0.0806 e. The van der Waals surface area contributed by atoms with Gasteiger partial charge in [-0.15, -0.1) is 0 Å². The van der Waals surface area contributed by atoms with Gasteiger partial charge in [0.15, 0.2) is 0 Å².